The zero-order valence-electron chi connectivity index (χ0n) is 11.1. The van der Waals surface area contributed by atoms with Crippen LogP contribution in [0.15, 0.2) is 24.3 Å². The fraction of sp³-hybridized carbons (Fsp3) is 0.462. The summed E-state index contributed by atoms with van der Waals surface area (Å²) >= 11 is 5.28. The van der Waals surface area contributed by atoms with Crippen molar-refractivity contribution in [3.05, 3.63) is 29.8 Å². The minimum Gasteiger partial charge on any atom is -0.497 e. The lowest BCUT2D eigenvalue weighted by molar-refractivity contribution is 0.203. The number of hydrogen-bond acceptors (Lipinski definition) is 3. The summed E-state index contributed by atoms with van der Waals surface area (Å²) in [5.74, 6) is 0.860. The van der Waals surface area contributed by atoms with E-state index in [-0.39, 0.29) is 0 Å². The molecule has 4 nitrogen and oxygen atoms in total. The molecule has 0 aliphatic rings. The Morgan fingerprint density at radius 3 is 2.83 bits per heavy atom. The van der Waals surface area contributed by atoms with E-state index in [1.165, 1.54) is 0 Å². The number of nitrogens with one attached hydrogen (secondary N) is 1. The van der Waals surface area contributed by atoms with Gasteiger partial charge < -0.3 is 19.7 Å². The monoisotopic (exact) mass is 268 g/mol. The summed E-state index contributed by atoms with van der Waals surface area (Å²) in [5.41, 5.74) is 1.16. The Morgan fingerprint density at radius 2 is 2.17 bits per heavy atom. The van der Waals surface area contributed by atoms with Crippen LogP contribution < -0.4 is 10.1 Å². The fourth-order valence-electron chi connectivity index (χ4n) is 1.51. The molecule has 0 aromatic heterocycles. The van der Waals surface area contributed by atoms with Crippen molar-refractivity contribution in [3.8, 4) is 5.75 Å². The van der Waals surface area contributed by atoms with Gasteiger partial charge in [0.1, 0.15) is 5.75 Å². The number of ether oxygens (including phenoxy) is 2. The molecule has 100 valence electrons. The largest absolute Gasteiger partial charge is 0.497 e. The molecule has 1 N–H and O–H groups in total. The molecule has 0 aliphatic carbocycles. The Bertz CT molecular complexity index is 385. The van der Waals surface area contributed by atoms with E-state index in [2.05, 4.69) is 11.4 Å². The zero-order valence-corrected chi connectivity index (χ0v) is 11.9. The van der Waals surface area contributed by atoms with Crippen molar-refractivity contribution in [1.82, 2.24) is 10.2 Å². The molecule has 1 aromatic carbocycles. The molecule has 1 aromatic rings. The third-order valence-electron chi connectivity index (χ3n) is 2.48. The number of rotatable bonds is 6. The number of nitrogens with zero attached hydrogens (tertiary/aromatic N) is 1. The first kappa shape index (κ1) is 14.7. The van der Waals surface area contributed by atoms with E-state index in [0.717, 1.165) is 29.5 Å². The van der Waals surface area contributed by atoms with E-state index in [9.17, 15) is 0 Å². The zero-order chi connectivity index (χ0) is 13.4. The molecule has 18 heavy (non-hydrogen) atoms. The average Bonchev–Trinajstić information content (AvgIpc) is 2.39. The molecule has 0 unspecified atom stereocenters. The number of hydrogen-bond donors (Lipinski definition) is 1. The van der Waals surface area contributed by atoms with Crippen LogP contribution in [0.5, 0.6) is 5.75 Å². The lowest BCUT2D eigenvalue weighted by Gasteiger charge is -2.21. The minimum atomic E-state index is 0.646. The Labute approximate surface area is 114 Å². The molecular formula is C13H20N2O2S. The lowest BCUT2D eigenvalue weighted by Crippen LogP contribution is -2.38. The van der Waals surface area contributed by atoms with Gasteiger partial charge in [-0.05, 0) is 29.9 Å². The maximum Gasteiger partial charge on any atom is 0.169 e. The molecule has 0 amide bonds. The molecule has 0 radical (unpaired) electrons. The molecule has 1 rings (SSSR count). The quantitative estimate of drug-likeness (QED) is 0.627. The smallest absolute Gasteiger partial charge is 0.169 e. The fourth-order valence-corrected chi connectivity index (χ4v) is 1.68. The highest BCUT2D eigenvalue weighted by Crippen LogP contribution is 2.13. The average molecular weight is 268 g/mol. The van der Waals surface area contributed by atoms with Crippen molar-refractivity contribution in [2.24, 2.45) is 0 Å². The van der Waals surface area contributed by atoms with Crippen LogP contribution in [-0.2, 0) is 11.3 Å². The van der Waals surface area contributed by atoms with Crippen LogP contribution in [0.25, 0.3) is 0 Å². The van der Waals surface area contributed by atoms with Gasteiger partial charge in [0.25, 0.3) is 0 Å². The number of benzene rings is 1. The number of methoxy groups -OCH3 is 2. The van der Waals surface area contributed by atoms with Crippen molar-refractivity contribution >= 4 is 17.3 Å². The van der Waals surface area contributed by atoms with Crippen LogP contribution in [0, 0.1) is 0 Å². The SMILES string of the molecule is COCCNC(=S)N(C)Cc1cccc(OC)c1. The topological polar surface area (TPSA) is 33.7 Å². The highest BCUT2D eigenvalue weighted by Gasteiger charge is 2.05. The highest BCUT2D eigenvalue weighted by molar-refractivity contribution is 7.80. The first-order valence-electron chi connectivity index (χ1n) is 5.78. The highest BCUT2D eigenvalue weighted by atomic mass is 32.1. The number of thiocarbonyl (C=S) groups is 1. The van der Waals surface area contributed by atoms with E-state index in [0.29, 0.717) is 6.61 Å². The van der Waals surface area contributed by atoms with Gasteiger partial charge in [0.05, 0.1) is 13.7 Å². The molecule has 0 fully saturated rings. The van der Waals surface area contributed by atoms with E-state index < -0.39 is 0 Å². The molecule has 0 aliphatic heterocycles. The van der Waals surface area contributed by atoms with Gasteiger partial charge in [0, 0.05) is 27.2 Å². The predicted octanol–water partition coefficient (Wildman–Crippen LogP) is 1.65. The Kier molecular flexibility index (Phi) is 6.46. The van der Waals surface area contributed by atoms with Crippen molar-refractivity contribution in [3.63, 3.8) is 0 Å². The van der Waals surface area contributed by atoms with Crippen molar-refractivity contribution in [1.29, 1.82) is 0 Å². The first-order valence-corrected chi connectivity index (χ1v) is 6.19. The van der Waals surface area contributed by atoms with Gasteiger partial charge in [0.2, 0.25) is 0 Å². The van der Waals surface area contributed by atoms with E-state index >= 15 is 0 Å². The normalized spacial score (nSPS) is 9.94. The lowest BCUT2D eigenvalue weighted by atomic mass is 10.2. The Balaban J connectivity index is 2.47. The van der Waals surface area contributed by atoms with Crippen LogP contribution >= 0.6 is 12.2 Å². The van der Waals surface area contributed by atoms with Crippen LogP contribution in [-0.4, -0.2) is 44.4 Å². The van der Waals surface area contributed by atoms with Crippen molar-refractivity contribution < 1.29 is 9.47 Å². The summed E-state index contributed by atoms with van der Waals surface area (Å²) in [4.78, 5) is 1.99. The van der Waals surface area contributed by atoms with Crippen molar-refractivity contribution in [2.45, 2.75) is 6.54 Å². The molecule has 0 saturated carbocycles. The van der Waals surface area contributed by atoms with Gasteiger partial charge >= 0.3 is 0 Å². The van der Waals surface area contributed by atoms with Crippen LogP contribution in [0.2, 0.25) is 0 Å². The second-order valence-corrected chi connectivity index (χ2v) is 4.32. The molecule has 0 heterocycles. The summed E-state index contributed by atoms with van der Waals surface area (Å²) < 4.78 is 10.2. The van der Waals surface area contributed by atoms with Gasteiger partial charge in [-0.1, -0.05) is 12.1 Å². The minimum absolute atomic E-state index is 0.646. The van der Waals surface area contributed by atoms with Gasteiger partial charge in [-0.25, -0.2) is 0 Å². The molecule has 0 atom stereocenters. The summed E-state index contributed by atoms with van der Waals surface area (Å²) in [5, 5.41) is 3.85. The molecule has 0 saturated heterocycles. The maximum atomic E-state index is 5.28. The van der Waals surface area contributed by atoms with Gasteiger partial charge in [-0.15, -0.1) is 0 Å². The molecule has 0 spiro atoms. The molecular weight excluding hydrogens is 248 g/mol. The van der Waals surface area contributed by atoms with Gasteiger partial charge in [-0.3, -0.25) is 0 Å². The molecule has 5 heteroatoms. The van der Waals surface area contributed by atoms with E-state index in [1.807, 2.05) is 30.1 Å². The van der Waals surface area contributed by atoms with Crippen LogP contribution in [0.1, 0.15) is 5.56 Å². The maximum absolute atomic E-state index is 5.28. The van der Waals surface area contributed by atoms with Crippen LogP contribution in [0.4, 0.5) is 0 Å². The van der Waals surface area contributed by atoms with Crippen molar-refractivity contribution in [2.75, 3.05) is 34.4 Å². The van der Waals surface area contributed by atoms with E-state index in [4.69, 9.17) is 21.7 Å². The summed E-state index contributed by atoms with van der Waals surface area (Å²) in [6.07, 6.45) is 0. The first-order chi connectivity index (χ1) is 8.67. The van der Waals surface area contributed by atoms with Gasteiger partial charge in [0.15, 0.2) is 5.11 Å². The second kappa shape index (κ2) is 7.89. The van der Waals surface area contributed by atoms with Gasteiger partial charge in [-0.2, -0.15) is 0 Å². The molecule has 0 bridgehead atoms. The summed E-state index contributed by atoms with van der Waals surface area (Å²) in [6.45, 7) is 2.11. The predicted molar refractivity (Wildman–Crippen MR) is 76.9 cm³/mol. The van der Waals surface area contributed by atoms with E-state index in [1.54, 1.807) is 14.2 Å². The summed E-state index contributed by atoms with van der Waals surface area (Å²) in [7, 11) is 5.30. The summed E-state index contributed by atoms with van der Waals surface area (Å²) in [6, 6.07) is 7.97. The Morgan fingerprint density at radius 1 is 1.39 bits per heavy atom. The third kappa shape index (κ3) is 4.89. The van der Waals surface area contributed by atoms with Crippen LogP contribution in [0.3, 0.4) is 0 Å². The third-order valence-corrected chi connectivity index (χ3v) is 2.94. The second-order valence-electron chi connectivity index (χ2n) is 3.93. The Hall–Kier alpha value is -1.33. The standard InChI is InChI=1S/C13H20N2O2S/c1-15(13(18)14-7-8-16-2)10-11-5-4-6-12(9-11)17-3/h4-6,9H,7-8,10H2,1-3H3,(H,14,18).